The minimum atomic E-state index is -0.891. The average molecular weight is 601 g/mol. The molecule has 0 heterocycles. The molecule has 4 atom stereocenters. The number of hydroxylamine groups is 2. The number of amides is 1. The Hall–Kier alpha value is -2.63. The van der Waals surface area contributed by atoms with Crippen LogP contribution in [0.3, 0.4) is 0 Å². The van der Waals surface area contributed by atoms with Crippen molar-refractivity contribution in [3.05, 3.63) is 48.6 Å². The highest BCUT2D eigenvalue weighted by atomic mass is 16.7. The summed E-state index contributed by atoms with van der Waals surface area (Å²) < 4.78 is 0. The van der Waals surface area contributed by atoms with E-state index in [4.69, 9.17) is 15.7 Å². The van der Waals surface area contributed by atoms with Crippen LogP contribution >= 0.6 is 0 Å². The molecule has 42 heavy (non-hydrogen) atoms. The monoisotopic (exact) mass is 600 g/mol. The number of nitrogens with two attached hydrogens (primary N) is 1. The highest BCUT2D eigenvalue weighted by molar-refractivity contribution is 5.85. The first kappa shape index (κ1) is 49.1. The lowest BCUT2D eigenvalue weighted by Gasteiger charge is -2.19. The van der Waals surface area contributed by atoms with Crippen molar-refractivity contribution in [3.63, 3.8) is 0 Å². The number of nitrogens with zero attached hydrogens (tertiary/aromatic N) is 1. The minimum absolute atomic E-state index is 0.0335. The summed E-state index contributed by atoms with van der Waals surface area (Å²) in [4.78, 5) is 36.8. The first-order valence-corrected chi connectivity index (χ1v) is 14.6. The third-order valence-corrected chi connectivity index (χ3v) is 5.56. The van der Waals surface area contributed by atoms with Gasteiger partial charge in [0.25, 0.3) is 5.91 Å². The van der Waals surface area contributed by atoms with Gasteiger partial charge in [-0.15, -0.1) is 0 Å². The Bertz CT molecular complexity index is 727. The fraction of sp³-hybridized carbons (Fsp3) is 0.656. The molecular formula is C32H64N4O6. The molecule has 0 aliphatic carbocycles. The maximum Gasteiger partial charge on any atom is 0.327 e. The molecule has 0 saturated heterocycles. The number of ketones is 1. The molecule has 0 aliphatic rings. The summed E-state index contributed by atoms with van der Waals surface area (Å²) in [7, 11) is 6.65. The topological polar surface area (TPSA) is 154 Å². The lowest BCUT2D eigenvalue weighted by molar-refractivity contribution is -0.171. The Morgan fingerprint density at radius 2 is 1.31 bits per heavy atom. The molecule has 0 spiro atoms. The van der Waals surface area contributed by atoms with Crippen LogP contribution in [-0.2, 0) is 19.2 Å². The van der Waals surface area contributed by atoms with Gasteiger partial charge in [-0.3, -0.25) is 14.4 Å². The molecule has 0 aromatic rings. The van der Waals surface area contributed by atoms with Crippen molar-refractivity contribution in [1.29, 1.82) is 0 Å². The third-order valence-electron chi connectivity index (χ3n) is 5.56. The highest BCUT2D eigenvalue weighted by Crippen LogP contribution is 2.00. The number of hydrogen-bond donors (Lipinski definition) is 5. The second kappa shape index (κ2) is 38.4. The number of allylic oxidation sites excluding steroid dienone is 6. The minimum Gasteiger partial charge on any atom is -0.478 e. The largest absolute Gasteiger partial charge is 0.478 e. The molecular weight excluding hydrogens is 536 g/mol. The number of aliphatic hydroxyl groups excluding tert-OH is 1. The summed E-state index contributed by atoms with van der Waals surface area (Å²) in [5, 5.41) is 24.2. The summed E-state index contributed by atoms with van der Waals surface area (Å²) in [6, 6.07) is -0.178. The van der Waals surface area contributed by atoms with E-state index in [9.17, 15) is 19.5 Å². The molecule has 10 heteroatoms. The maximum atomic E-state index is 11.3. The van der Waals surface area contributed by atoms with E-state index < -0.39 is 5.97 Å². The van der Waals surface area contributed by atoms with E-state index in [-0.39, 0.29) is 35.9 Å². The van der Waals surface area contributed by atoms with Crippen molar-refractivity contribution >= 4 is 17.7 Å². The Kier molecular flexibility index (Phi) is 44.8. The summed E-state index contributed by atoms with van der Waals surface area (Å²) in [6.45, 7) is 15.5. The fourth-order valence-electron chi connectivity index (χ4n) is 2.65. The predicted octanol–water partition coefficient (Wildman–Crippen LogP) is 4.80. The van der Waals surface area contributed by atoms with Crippen molar-refractivity contribution in [3.8, 4) is 0 Å². The quantitative estimate of drug-likeness (QED) is 0.107. The van der Waals surface area contributed by atoms with E-state index in [1.807, 2.05) is 92.0 Å². The second-order valence-corrected chi connectivity index (χ2v) is 8.71. The smallest absolute Gasteiger partial charge is 0.327 e. The first-order valence-electron chi connectivity index (χ1n) is 14.6. The van der Waals surface area contributed by atoms with E-state index in [2.05, 4.69) is 10.6 Å². The standard InChI is InChI=1S/C9H17NO.C8H17NO.C7H16N2O2.C4H6O2.C4H8/c1-4-6-7-9(11)8(5-2)10-3;1-3-5-6-8(10)7(9)4-2;1-5-6(8-2)7(10)9(3)11-4;1-2-3-4(5)6;1-3-4-2/h4,6,8,10H,5,7H2,1-3H3;3,5,7-8,10H,4,6,9H2,1-2H3;6,8H,5H2,1-4H3;2-3H,1H3,(H,5,6);3-4H,1-2H3/b6-4-;5-3-;;3-2-;4-3-. The van der Waals surface area contributed by atoms with Gasteiger partial charge < -0.3 is 26.6 Å². The Balaban J connectivity index is -0.000000141. The molecule has 0 aromatic heterocycles. The van der Waals surface area contributed by atoms with E-state index >= 15 is 0 Å². The summed E-state index contributed by atoms with van der Waals surface area (Å²) in [6.07, 6.45) is 17.5. The Morgan fingerprint density at radius 1 is 0.833 bits per heavy atom. The zero-order chi connectivity index (χ0) is 33.9. The van der Waals surface area contributed by atoms with Crippen LogP contribution in [0.1, 0.15) is 87.5 Å². The third kappa shape index (κ3) is 35.4. The van der Waals surface area contributed by atoms with Crippen molar-refractivity contribution < 1.29 is 29.4 Å². The summed E-state index contributed by atoms with van der Waals surface area (Å²) in [5.74, 6) is -0.664. The van der Waals surface area contributed by atoms with Gasteiger partial charge in [-0.25, -0.2) is 9.86 Å². The van der Waals surface area contributed by atoms with Crippen molar-refractivity contribution in [2.45, 2.75) is 112 Å². The van der Waals surface area contributed by atoms with Crippen LogP contribution in [0.2, 0.25) is 0 Å². The van der Waals surface area contributed by atoms with Gasteiger partial charge in [0.05, 0.1) is 25.3 Å². The number of rotatable bonds is 14. The lowest BCUT2D eigenvalue weighted by Crippen LogP contribution is -2.42. The van der Waals surface area contributed by atoms with Crippen LogP contribution in [0.25, 0.3) is 0 Å². The molecule has 0 aliphatic heterocycles. The molecule has 0 saturated carbocycles. The van der Waals surface area contributed by atoms with Gasteiger partial charge in [0, 0.05) is 25.6 Å². The molecule has 248 valence electrons. The zero-order valence-corrected chi connectivity index (χ0v) is 28.5. The highest BCUT2D eigenvalue weighted by Gasteiger charge is 2.17. The van der Waals surface area contributed by atoms with Gasteiger partial charge >= 0.3 is 5.97 Å². The Morgan fingerprint density at radius 3 is 1.57 bits per heavy atom. The van der Waals surface area contributed by atoms with Gasteiger partial charge in [0.15, 0.2) is 5.78 Å². The number of Topliss-reactive ketones (excluding diaryl/α,β-unsaturated/α-hetero) is 1. The number of nitrogens with one attached hydrogen (secondary N) is 2. The van der Waals surface area contributed by atoms with Crippen LogP contribution < -0.4 is 16.4 Å². The van der Waals surface area contributed by atoms with E-state index in [0.29, 0.717) is 12.8 Å². The number of likely N-dealkylation sites (N-methyl/N-ethyl adjacent to an activating group) is 3. The molecule has 1 amide bonds. The molecule has 10 nitrogen and oxygen atoms in total. The van der Waals surface area contributed by atoms with E-state index in [0.717, 1.165) is 25.3 Å². The van der Waals surface area contributed by atoms with Gasteiger partial charge in [-0.2, -0.15) is 0 Å². The summed E-state index contributed by atoms with van der Waals surface area (Å²) in [5.41, 5.74) is 5.57. The number of carboxylic acid groups (broad SMARTS) is 1. The SMILES string of the molecule is C/C=C\C.C/C=C\C(=O)O.C/C=C\CC(=O)C(CC)NC.C/C=C\CC(O)C(N)CC.CCC(NC)C(=O)N(C)OC. The van der Waals surface area contributed by atoms with Crippen molar-refractivity contribution in [2.24, 2.45) is 5.73 Å². The van der Waals surface area contributed by atoms with Crippen LogP contribution in [0.15, 0.2) is 48.6 Å². The second-order valence-electron chi connectivity index (χ2n) is 8.71. The molecule has 4 unspecified atom stereocenters. The van der Waals surface area contributed by atoms with Gasteiger partial charge in [-0.1, -0.05) is 63.3 Å². The molecule has 0 radical (unpaired) electrons. The summed E-state index contributed by atoms with van der Waals surface area (Å²) >= 11 is 0. The number of carboxylic acids is 1. The van der Waals surface area contributed by atoms with E-state index in [1.165, 1.54) is 18.2 Å². The normalized spacial score (nSPS) is 13.4. The van der Waals surface area contributed by atoms with Crippen LogP contribution in [0.5, 0.6) is 0 Å². The van der Waals surface area contributed by atoms with Crippen molar-refractivity contribution in [1.82, 2.24) is 15.7 Å². The average Bonchev–Trinajstić information content (AvgIpc) is 2.99. The fourth-order valence-corrected chi connectivity index (χ4v) is 2.65. The number of carbonyl (C=O) groups is 3. The molecule has 0 aromatic carbocycles. The van der Waals surface area contributed by atoms with Crippen LogP contribution in [0.4, 0.5) is 0 Å². The molecule has 0 bridgehead atoms. The van der Waals surface area contributed by atoms with Gasteiger partial charge in [0.1, 0.15) is 0 Å². The van der Waals surface area contributed by atoms with E-state index in [1.54, 1.807) is 21.0 Å². The first-order chi connectivity index (χ1) is 19.8. The number of aliphatic carboxylic acids is 1. The lowest BCUT2D eigenvalue weighted by atomic mass is 10.1. The van der Waals surface area contributed by atoms with Crippen LogP contribution in [0, 0.1) is 0 Å². The van der Waals surface area contributed by atoms with Gasteiger partial charge in [-0.05, 0) is 74.4 Å². The van der Waals surface area contributed by atoms with Crippen molar-refractivity contribution in [2.75, 3.05) is 28.3 Å². The molecule has 0 rings (SSSR count). The number of aliphatic hydroxyl groups is 1. The number of hydrogen-bond acceptors (Lipinski definition) is 8. The zero-order valence-electron chi connectivity index (χ0n) is 28.5. The molecule has 0 fully saturated rings. The predicted molar refractivity (Wildman–Crippen MR) is 177 cm³/mol. The maximum absolute atomic E-state index is 11.3. The van der Waals surface area contributed by atoms with Gasteiger partial charge in [0.2, 0.25) is 0 Å². The Labute approximate surface area is 257 Å². The van der Waals surface area contributed by atoms with Crippen LogP contribution in [-0.4, -0.2) is 85.4 Å². The number of carbonyl (C=O) groups excluding carboxylic acids is 2. The molecule has 6 N–H and O–H groups in total.